The van der Waals surface area contributed by atoms with E-state index in [4.69, 9.17) is 9.47 Å². The van der Waals surface area contributed by atoms with Crippen molar-refractivity contribution in [1.82, 2.24) is 0 Å². The molecule has 184 valence electrons. The fourth-order valence-corrected chi connectivity index (χ4v) is 5.02. The number of hydrogen-bond donors (Lipinski definition) is 0. The minimum Gasteiger partial charge on any atom is -0.451 e. The van der Waals surface area contributed by atoms with Crippen molar-refractivity contribution in [3.05, 3.63) is 70.3 Å². The molecule has 0 bridgehead atoms. The highest BCUT2D eigenvalue weighted by Crippen LogP contribution is 2.43. The molecule has 2 aromatic rings. The molecule has 0 unspecified atom stereocenters. The van der Waals surface area contributed by atoms with Crippen molar-refractivity contribution in [1.29, 1.82) is 0 Å². The Bertz CT molecular complexity index is 1070. The highest BCUT2D eigenvalue weighted by Gasteiger charge is 2.49. The summed E-state index contributed by atoms with van der Waals surface area (Å²) in [4.78, 5) is 24.9. The van der Waals surface area contributed by atoms with Gasteiger partial charge in [-0.15, -0.1) is 0 Å². The summed E-state index contributed by atoms with van der Waals surface area (Å²) < 4.78 is 101. The van der Waals surface area contributed by atoms with Crippen molar-refractivity contribution in [2.45, 2.75) is 41.1 Å². The standard InChI is InChI=1S/C21H14BrF7O4S/c1-9-8-12(21(27,28)29)6-7-13(9)18(31)33-19-15(14(23)16(22)34-19)32-17(30)10-2-4-11(5-3-10)20(24,25)26/h2-8,14-16,19H,1H3/t14-,15-,16-,19+/m0/s1. The number of halogens is 8. The number of carbonyl (C=O) groups excluding carboxylic acids is 2. The highest BCUT2D eigenvalue weighted by molar-refractivity contribution is 9.11. The van der Waals surface area contributed by atoms with Crippen molar-refractivity contribution in [3.8, 4) is 0 Å². The Hall–Kier alpha value is -2.28. The van der Waals surface area contributed by atoms with Gasteiger partial charge in [-0.2, -0.15) is 26.3 Å². The second-order valence-electron chi connectivity index (χ2n) is 7.18. The second kappa shape index (κ2) is 9.76. The first-order valence-electron chi connectivity index (χ1n) is 9.39. The fourth-order valence-electron chi connectivity index (χ4n) is 3.02. The van der Waals surface area contributed by atoms with E-state index >= 15 is 0 Å². The molecule has 0 spiro atoms. The van der Waals surface area contributed by atoms with Gasteiger partial charge in [-0.1, -0.05) is 27.7 Å². The molecule has 1 aliphatic rings. The number of ether oxygens (including phenoxy) is 2. The van der Waals surface area contributed by atoms with Gasteiger partial charge in [-0.3, -0.25) is 0 Å². The summed E-state index contributed by atoms with van der Waals surface area (Å²) in [6.45, 7) is 1.26. The number of rotatable bonds is 4. The Morgan fingerprint density at radius 2 is 1.44 bits per heavy atom. The second-order valence-corrected chi connectivity index (χ2v) is 10.0. The first-order chi connectivity index (χ1) is 15.7. The Morgan fingerprint density at radius 3 is 1.97 bits per heavy atom. The van der Waals surface area contributed by atoms with Gasteiger partial charge in [0, 0.05) is 0 Å². The SMILES string of the molecule is Cc1cc(C(F)(F)F)ccc1C(=O)O[C@@H]1S[C@H](Br)[C@@H](F)[C@@H]1OC(=O)c1ccc(C(F)(F)F)cc1. The van der Waals surface area contributed by atoms with Crippen LogP contribution in [-0.4, -0.2) is 33.8 Å². The Morgan fingerprint density at radius 1 is 0.882 bits per heavy atom. The number of hydrogen-bond acceptors (Lipinski definition) is 5. The maximum atomic E-state index is 14.6. The van der Waals surface area contributed by atoms with Crippen LogP contribution in [0.2, 0.25) is 0 Å². The molecule has 0 aromatic heterocycles. The van der Waals surface area contributed by atoms with Gasteiger partial charge in [0.15, 0.2) is 17.7 Å². The molecular weight excluding hydrogens is 561 g/mol. The van der Waals surface area contributed by atoms with Crippen molar-refractivity contribution in [2.24, 2.45) is 0 Å². The lowest BCUT2D eigenvalue weighted by Crippen LogP contribution is -2.36. The van der Waals surface area contributed by atoms with Gasteiger partial charge >= 0.3 is 24.3 Å². The van der Waals surface area contributed by atoms with Crippen molar-refractivity contribution >= 4 is 39.6 Å². The zero-order valence-corrected chi connectivity index (χ0v) is 19.3. The van der Waals surface area contributed by atoms with E-state index in [0.717, 1.165) is 36.0 Å². The van der Waals surface area contributed by atoms with Gasteiger partial charge in [0.05, 0.1) is 26.4 Å². The normalized spacial score (nSPS) is 23.0. The van der Waals surface area contributed by atoms with Crippen LogP contribution >= 0.6 is 27.7 Å². The molecule has 1 saturated heterocycles. The van der Waals surface area contributed by atoms with Crippen molar-refractivity contribution < 1.29 is 49.8 Å². The van der Waals surface area contributed by atoms with E-state index in [9.17, 15) is 40.3 Å². The molecule has 13 heteroatoms. The first kappa shape index (κ1) is 26.3. The van der Waals surface area contributed by atoms with Crippen LogP contribution in [0.15, 0.2) is 42.5 Å². The minimum absolute atomic E-state index is 0.0340. The largest absolute Gasteiger partial charge is 0.451 e. The van der Waals surface area contributed by atoms with Crippen LogP contribution in [0.4, 0.5) is 30.7 Å². The summed E-state index contributed by atoms with van der Waals surface area (Å²) in [5, 5.41) is 0. The van der Waals surface area contributed by atoms with Crippen LogP contribution in [0.25, 0.3) is 0 Å². The lowest BCUT2D eigenvalue weighted by atomic mass is 10.0. The molecule has 2 aromatic carbocycles. The van der Waals surface area contributed by atoms with Gasteiger partial charge in [0.1, 0.15) is 0 Å². The Labute approximate surface area is 200 Å². The third-order valence-electron chi connectivity index (χ3n) is 4.78. The maximum absolute atomic E-state index is 14.6. The summed E-state index contributed by atoms with van der Waals surface area (Å²) in [7, 11) is 0. The molecule has 0 N–H and O–H groups in total. The molecule has 0 amide bonds. The quantitative estimate of drug-likeness (QED) is 0.235. The number of carbonyl (C=O) groups is 2. The van der Waals surface area contributed by atoms with E-state index in [1.54, 1.807) is 0 Å². The molecule has 0 aliphatic carbocycles. The van der Waals surface area contributed by atoms with Crippen LogP contribution < -0.4 is 0 Å². The van der Waals surface area contributed by atoms with Gasteiger partial charge < -0.3 is 9.47 Å². The molecule has 34 heavy (non-hydrogen) atoms. The molecule has 1 fully saturated rings. The summed E-state index contributed by atoms with van der Waals surface area (Å²) in [5.74, 6) is -2.21. The van der Waals surface area contributed by atoms with Crippen molar-refractivity contribution in [3.63, 3.8) is 0 Å². The zero-order valence-electron chi connectivity index (χ0n) is 16.9. The van der Waals surface area contributed by atoms with Crippen LogP contribution in [0, 0.1) is 6.92 Å². The van der Waals surface area contributed by atoms with Crippen LogP contribution in [0.1, 0.15) is 37.4 Å². The van der Waals surface area contributed by atoms with Crippen LogP contribution in [0.3, 0.4) is 0 Å². The fraction of sp³-hybridized carbons (Fsp3) is 0.333. The Balaban J connectivity index is 1.74. The topological polar surface area (TPSA) is 52.6 Å². The summed E-state index contributed by atoms with van der Waals surface area (Å²) >= 11 is 3.76. The molecule has 4 nitrogen and oxygen atoms in total. The molecule has 0 radical (unpaired) electrons. The monoisotopic (exact) mass is 574 g/mol. The number of benzene rings is 2. The predicted octanol–water partition coefficient (Wildman–Crippen LogP) is 6.55. The lowest BCUT2D eigenvalue weighted by molar-refractivity contribution is -0.138. The van der Waals surface area contributed by atoms with Crippen molar-refractivity contribution in [2.75, 3.05) is 0 Å². The number of thioether (sulfide) groups is 1. The first-order valence-corrected chi connectivity index (χ1v) is 11.2. The molecule has 0 saturated carbocycles. The zero-order chi connectivity index (χ0) is 25.4. The number of alkyl halides is 8. The van der Waals surface area contributed by atoms with Crippen LogP contribution in [-0.2, 0) is 21.8 Å². The predicted molar refractivity (Wildman–Crippen MR) is 111 cm³/mol. The third-order valence-corrected chi connectivity index (χ3v) is 7.09. The van der Waals surface area contributed by atoms with Crippen LogP contribution in [0.5, 0.6) is 0 Å². The minimum atomic E-state index is -4.62. The lowest BCUT2D eigenvalue weighted by Gasteiger charge is -2.21. The van der Waals surface area contributed by atoms with E-state index in [-0.39, 0.29) is 16.7 Å². The average molecular weight is 575 g/mol. The number of aryl methyl sites for hydroxylation is 1. The van der Waals surface area contributed by atoms with Gasteiger partial charge in [0.25, 0.3) is 0 Å². The number of esters is 2. The third kappa shape index (κ3) is 5.85. The van der Waals surface area contributed by atoms with Gasteiger partial charge in [0.2, 0.25) is 0 Å². The van der Waals surface area contributed by atoms with E-state index in [1.807, 2.05) is 0 Å². The van der Waals surface area contributed by atoms with Gasteiger partial charge in [-0.05, 0) is 55.0 Å². The summed E-state index contributed by atoms with van der Waals surface area (Å²) in [6, 6.07) is 5.40. The molecular formula is C21H14BrF7O4S. The smallest absolute Gasteiger partial charge is 0.416 e. The van der Waals surface area contributed by atoms with E-state index < -0.39 is 57.3 Å². The molecule has 3 rings (SSSR count). The average Bonchev–Trinajstić information content (AvgIpc) is 2.99. The molecule has 4 atom stereocenters. The van der Waals surface area contributed by atoms with E-state index in [1.165, 1.54) is 6.92 Å². The molecule has 1 aliphatic heterocycles. The Kier molecular flexibility index (Phi) is 7.56. The summed E-state index contributed by atoms with van der Waals surface area (Å²) in [6.07, 6.45) is -12.7. The van der Waals surface area contributed by atoms with E-state index in [2.05, 4.69) is 15.9 Å². The molecule has 1 heterocycles. The maximum Gasteiger partial charge on any atom is 0.416 e. The highest BCUT2D eigenvalue weighted by atomic mass is 79.9. The summed E-state index contributed by atoms with van der Waals surface area (Å²) in [5.41, 5.74) is -3.85. The van der Waals surface area contributed by atoms with E-state index in [0.29, 0.717) is 18.2 Å². The van der Waals surface area contributed by atoms with Gasteiger partial charge in [-0.25, -0.2) is 14.0 Å².